The van der Waals surface area contributed by atoms with Crippen LogP contribution in [0.5, 0.6) is 11.5 Å². The van der Waals surface area contributed by atoms with E-state index in [1.165, 1.54) is 6.33 Å². The molecule has 4 aromatic rings. The molecular weight excluding hydrogens is 398 g/mol. The minimum absolute atomic E-state index is 0.0124. The number of aldehydes is 1. The van der Waals surface area contributed by atoms with E-state index in [-0.39, 0.29) is 6.04 Å². The minimum atomic E-state index is 0.0124. The maximum atomic E-state index is 11.4. The molecule has 152 valence electrons. The van der Waals surface area contributed by atoms with Crippen LogP contribution in [-0.2, 0) is 0 Å². The molecule has 30 heavy (non-hydrogen) atoms. The molecule has 2 aromatic heterocycles. The summed E-state index contributed by atoms with van der Waals surface area (Å²) >= 11 is 1.64. The zero-order valence-corrected chi connectivity index (χ0v) is 17.7. The topological polar surface area (TPSA) is 73.3 Å². The summed E-state index contributed by atoms with van der Waals surface area (Å²) in [5.74, 6) is 1.97. The second kappa shape index (κ2) is 8.51. The maximum Gasteiger partial charge on any atom is 0.162 e. The zero-order chi connectivity index (χ0) is 21.1. The number of carbonyl (C=O) groups is 1. The smallest absolute Gasteiger partial charge is 0.162 e. The van der Waals surface area contributed by atoms with E-state index >= 15 is 0 Å². The van der Waals surface area contributed by atoms with E-state index in [0.717, 1.165) is 39.0 Å². The molecule has 4 rings (SSSR count). The van der Waals surface area contributed by atoms with Crippen LogP contribution in [0.3, 0.4) is 0 Å². The SMILES string of the molecule is COc1cc2ncnc(NC(C)c3cc(-c4ccccc4C=O)cs3)c2cc1OC. The lowest BCUT2D eigenvalue weighted by Gasteiger charge is -2.15. The van der Waals surface area contributed by atoms with Crippen LogP contribution in [0.15, 0.2) is 54.2 Å². The molecule has 1 unspecified atom stereocenters. The van der Waals surface area contributed by atoms with Crippen LogP contribution in [0.25, 0.3) is 22.0 Å². The van der Waals surface area contributed by atoms with Crippen molar-refractivity contribution in [3.05, 3.63) is 64.6 Å². The van der Waals surface area contributed by atoms with Gasteiger partial charge in [0.05, 0.1) is 25.8 Å². The normalized spacial score (nSPS) is 11.8. The van der Waals surface area contributed by atoms with E-state index in [4.69, 9.17) is 9.47 Å². The summed E-state index contributed by atoms with van der Waals surface area (Å²) in [4.78, 5) is 21.3. The third-order valence-corrected chi connectivity index (χ3v) is 6.05. The fraction of sp³-hybridized carbons (Fsp3) is 0.174. The molecule has 0 aliphatic heterocycles. The van der Waals surface area contributed by atoms with Gasteiger partial charge in [0, 0.05) is 21.9 Å². The van der Waals surface area contributed by atoms with E-state index in [0.29, 0.717) is 17.1 Å². The number of hydrogen-bond acceptors (Lipinski definition) is 7. The first kappa shape index (κ1) is 19.8. The Morgan fingerprint density at radius 2 is 1.83 bits per heavy atom. The molecule has 1 N–H and O–H groups in total. The van der Waals surface area contributed by atoms with Gasteiger partial charge in [0.15, 0.2) is 17.8 Å². The molecule has 0 amide bonds. The standard InChI is InChI=1S/C23H21N3O3S/c1-14(22-8-16(12-30-22)17-7-5-4-6-15(17)11-27)26-23-18-9-20(28-2)21(29-3)10-19(18)24-13-25-23/h4-14H,1-3H3,(H,24,25,26). The number of thiophene rings is 1. The molecule has 0 saturated heterocycles. The fourth-order valence-corrected chi connectivity index (χ4v) is 4.27. The van der Waals surface area contributed by atoms with Crippen LogP contribution in [0.4, 0.5) is 5.82 Å². The molecule has 1 atom stereocenters. The molecule has 0 fully saturated rings. The largest absolute Gasteiger partial charge is 0.493 e. The molecule has 0 aliphatic rings. The molecule has 2 heterocycles. The Balaban J connectivity index is 1.65. The molecule has 6 nitrogen and oxygen atoms in total. The average Bonchev–Trinajstić information content (AvgIpc) is 3.28. The monoisotopic (exact) mass is 419 g/mol. The van der Waals surface area contributed by atoms with Gasteiger partial charge < -0.3 is 14.8 Å². The minimum Gasteiger partial charge on any atom is -0.493 e. The summed E-state index contributed by atoms with van der Waals surface area (Å²) in [6.07, 6.45) is 2.42. The summed E-state index contributed by atoms with van der Waals surface area (Å²) in [6, 6.07) is 13.4. The van der Waals surface area contributed by atoms with Crippen LogP contribution in [-0.4, -0.2) is 30.5 Å². The highest BCUT2D eigenvalue weighted by Crippen LogP contribution is 2.36. The predicted molar refractivity (Wildman–Crippen MR) is 120 cm³/mol. The number of nitrogens with one attached hydrogen (secondary N) is 1. The molecule has 7 heteroatoms. The molecule has 0 spiro atoms. The van der Waals surface area contributed by atoms with Crippen molar-refractivity contribution in [3.8, 4) is 22.6 Å². The van der Waals surface area contributed by atoms with Crippen molar-refractivity contribution >= 4 is 34.3 Å². The van der Waals surface area contributed by atoms with Gasteiger partial charge in [-0.25, -0.2) is 9.97 Å². The van der Waals surface area contributed by atoms with Gasteiger partial charge in [0.25, 0.3) is 0 Å². The van der Waals surface area contributed by atoms with Crippen molar-refractivity contribution in [3.63, 3.8) is 0 Å². The van der Waals surface area contributed by atoms with Crippen molar-refractivity contribution in [2.24, 2.45) is 0 Å². The van der Waals surface area contributed by atoms with E-state index in [9.17, 15) is 4.79 Å². The summed E-state index contributed by atoms with van der Waals surface area (Å²) in [5.41, 5.74) is 3.42. The van der Waals surface area contributed by atoms with Crippen molar-refractivity contribution in [1.29, 1.82) is 0 Å². The summed E-state index contributed by atoms with van der Waals surface area (Å²) in [5, 5.41) is 6.40. The van der Waals surface area contributed by atoms with Gasteiger partial charge in [0.2, 0.25) is 0 Å². The summed E-state index contributed by atoms with van der Waals surface area (Å²) < 4.78 is 10.8. The van der Waals surface area contributed by atoms with Crippen LogP contribution in [0.1, 0.15) is 28.2 Å². The number of carbonyl (C=O) groups excluding carboxylic acids is 1. The predicted octanol–water partition coefficient (Wildman–Crippen LogP) is 5.36. The number of aromatic nitrogens is 2. The first-order chi connectivity index (χ1) is 14.6. The number of hydrogen-bond donors (Lipinski definition) is 1. The van der Waals surface area contributed by atoms with Gasteiger partial charge in [0.1, 0.15) is 12.1 Å². The number of nitrogens with zero attached hydrogens (tertiary/aromatic N) is 2. The van der Waals surface area contributed by atoms with Crippen molar-refractivity contribution < 1.29 is 14.3 Å². The lowest BCUT2D eigenvalue weighted by molar-refractivity contribution is 0.112. The van der Waals surface area contributed by atoms with Gasteiger partial charge in [-0.1, -0.05) is 24.3 Å². The van der Waals surface area contributed by atoms with Crippen LogP contribution < -0.4 is 14.8 Å². The number of ether oxygens (including phenoxy) is 2. The van der Waals surface area contributed by atoms with Gasteiger partial charge in [-0.2, -0.15) is 0 Å². The Morgan fingerprint density at radius 3 is 2.60 bits per heavy atom. The molecule has 0 radical (unpaired) electrons. The fourth-order valence-electron chi connectivity index (χ4n) is 3.36. The first-order valence-electron chi connectivity index (χ1n) is 9.41. The molecular formula is C23H21N3O3S. The van der Waals surface area contributed by atoms with E-state index < -0.39 is 0 Å². The number of anilines is 1. The zero-order valence-electron chi connectivity index (χ0n) is 16.9. The average molecular weight is 420 g/mol. The highest BCUT2D eigenvalue weighted by atomic mass is 32.1. The van der Waals surface area contributed by atoms with Crippen LogP contribution in [0, 0.1) is 0 Å². The summed E-state index contributed by atoms with van der Waals surface area (Å²) in [6.45, 7) is 2.08. The highest BCUT2D eigenvalue weighted by Gasteiger charge is 2.15. The second-order valence-electron chi connectivity index (χ2n) is 6.76. The third-order valence-electron chi connectivity index (χ3n) is 4.94. The van der Waals surface area contributed by atoms with Crippen molar-refractivity contribution in [1.82, 2.24) is 9.97 Å². The number of methoxy groups -OCH3 is 2. The van der Waals surface area contributed by atoms with E-state index in [1.54, 1.807) is 25.6 Å². The molecule has 0 saturated carbocycles. The number of rotatable bonds is 7. The van der Waals surface area contributed by atoms with Gasteiger partial charge in [-0.15, -0.1) is 11.3 Å². The first-order valence-corrected chi connectivity index (χ1v) is 10.3. The Labute approximate surface area is 178 Å². The second-order valence-corrected chi connectivity index (χ2v) is 7.70. The molecule has 0 aliphatic carbocycles. The Bertz CT molecular complexity index is 1210. The summed E-state index contributed by atoms with van der Waals surface area (Å²) in [7, 11) is 3.21. The maximum absolute atomic E-state index is 11.4. The van der Waals surface area contributed by atoms with Crippen LogP contribution >= 0.6 is 11.3 Å². The van der Waals surface area contributed by atoms with Crippen molar-refractivity contribution in [2.45, 2.75) is 13.0 Å². The van der Waals surface area contributed by atoms with E-state index in [2.05, 4.69) is 33.7 Å². The lowest BCUT2D eigenvalue weighted by Crippen LogP contribution is -2.07. The van der Waals surface area contributed by atoms with E-state index in [1.807, 2.05) is 36.4 Å². The lowest BCUT2D eigenvalue weighted by atomic mass is 10.0. The quantitative estimate of drug-likeness (QED) is 0.407. The Kier molecular flexibility index (Phi) is 5.63. The number of benzene rings is 2. The van der Waals surface area contributed by atoms with Gasteiger partial charge >= 0.3 is 0 Å². The Hall–Kier alpha value is -3.45. The molecule has 2 aromatic carbocycles. The number of fused-ring (bicyclic) bond motifs is 1. The highest BCUT2D eigenvalue weighted by molar-refractivity contribution is 7.10. The Morgan fingerprint density at radius 1 is 1.07 bits per heavy atom. The third kappa shape index (κ3) is 3.71. The van der Waals surface area contributed by atoms with Crippen LogP contribution in [0.2, 0.25) is 0 Å². The van der Waals surface area contributed by atoms with Gasteiger partial charge in [-0.3, -0.25) is 4.79 Å². The molecule has 0 bridgehead atoms. The van der Waals surface area contributed by atoms with Gasteiger partial charge in [-0.05, 0) is 35.6 Å². The van der Waals surface area contributed by atoms with Crippen molar-refractivity contribution in [2.75, 3.05) is 19.5 Å².